The second kappa shape index (κ2) is 10.2. The smallest absolute Gasteiger partial charge is 0.410 e. The van der Waals surface area contributed by atoms with Gasteiger partial charge in [0, 0.05) is 43.7 Å². The van der Waals surface area contributed by atoms with Gasteiger partial charge in [0.2, 0.25) is 5.16 Å². The van der Waals surface area contributed by atoms with Crippen molar-refractivity contribution in [2.45, 2.75) is 44.4 Å². The largest absolute Gasteiger partial charge is 0.444 e. The molecule has 3 aromatic rings. The van der Waals surface area contributed by atoms with Crippen LogP contribution in [0.2, 0.25) is 0 Å². The van der Waals surface area contributed by atoms with Crippen molar-refractivity contribution >= 4 is 27.8 Å². The minimum atomic E-state index is -1.25. The molecule has 3 rings (SSSR count). The summed E-state index contributed by atoms with van der Waals surface area (Å²) >= 11 is 0. The van der Waals surface area contributed by atoms with Crippen LogP contribution in [0.15, 0.2) is 47.9 Å². The van der Waals surface area contributed by atoms with E-state index in [1.807, 2.05) is 43.7 Å². The van der Waals surface area contributed by atoms with Gasteiger partial charge >= 0.3 is 6.09 Å². The van der Waals surface area contributed by atoms with E-state index in [1.165, 1.54) is 5.56 Å². The molecular formula is C23H31N5O3S. The zero-order valence-electron chi connectivity index (χ0n) is 19.1. The zero-order chi connectivity index (χ0) is 23.3. The first-order valence-corrected chi connectivity index (χ1v) is 12.2. The molecule has 9 heteroatoms. The highest BCUT2D eigenvalue weighted by Crippen LogP contribution is 2.24. The van der Waals surface area contributed by atoms with Gasteiger partial charge in [0.15, 0.2) is 0 Å². The van der Waals surface area contributed by atoms with Crippen LogP contribution in [0.5, 0.6) is 0 Å². The average molecular weight is 458 g/mol. The molecule has 1 amide bonds. The highest BCUT2D eigenvalue weighted by atomic mass is 32.2. The molecule has 0 radical (unpaired) electrons. The van der Waals surface area contributed by atoms with Crippen LogP contribution in [0, 0.1) is 0 Å². The fourth-order valence-electron chi connectivity index (χ4n) is 3.49. The van der Waals surface area contributed by atoms with Crippen LogP contribution >= 0.6 is 0 Å². The van der Waals surface area contributed by atoms with Crippen LogP contribution in [0.1, 0.15) is 32.8 Å². The van der Waals surface area contributed by atoms with Crippen molar-refractivity contribution in [1.29, 1.82) is 0 Å². The van der Waals surface area contributed by atoms with Crippen molar-refractivity contribution in [3.8, 4) is 5.82 Å². The predicted octanol–water partition coefficient (Wildman–Crippen LogP) is 3.29. The number of fused-ring (bicyclic) bond motifs is 1. The van der Waals surface area contributed by atoms with Crippen LogP contribution in [0.25, 0.3) is 16.7 Å². The summed E-state index contributed by atoms with van der Waals surface area (Å²) in [5.74, 6) is 0.677. The van der Waals surface area contributed by atoms with E-state index in [9.17, 15) is 9.00 Å². The molecule has 0 bridgehead atoms. The third-order valence-electron chi connectivity index (χ3n) is 4.87. The molecule has 1 unspecified atom stereocenters. The normalized spacial score (nSPS) is 12.7. The lowest BCUT2D eigenvalue weighted by atomic mass is 10.1. The fourth-order valence-corrected chi connectivity index (χ4v) is 3.92. The maximum absolute atomic E-state index is 12.5. The number of ether oxygens (including phenoxy) is 1. The van der Waals surface area contributed by atoms with Crippen molar-refractivity contribution in [1.82, 2.24) is 19.4 Å². The Morgan fingerprint density at radius 1 is 1.22 bits per heavy atom. The van der Waals surface area contributed by atoms with E-state index in [4.69, 9.17) is 10.5 Å². The summed E-state index contributed by atoms with van der Waals surface area (Å²) in [6.45, 7) is 6.99. The van der Waals surface area contributed by atoms with Crippen LogP contribution in [0.3, 0.4) is 0 Å². The Morgan fingerprint density at radius 3 is 2.69 bits per heavy atom. The second-order valence-electron chi connectivity index (χ2n) is 8.55. The van der Waals surface area contributed by atoms with Gasteiger partial charge in [-0.15, -0.1) is 0 Å². The number of carbonyl (C=O) groups excluding carboxylic acids is 1. The van der Waals surface area contributed by atoms with E-state index in [2.05, 4.69) is 22.1 Å². The summed E-state index contributed by atoms with van der Waals surface area (Å²) in [7, 11) is -1.25. The average Bonchev–Trinajstić information content (AvgIpc) is 3.17. The topological polar surface area (TPSA) is 103 Å². The van der Waals surface area contributed by atoms with Gasteiger partial charge < -0.3 is 19.9 Å². The molecule has 2 heterocycles. The quantitative estimate of drug-likeness (QED) is 0.521. The summed E-state index contributed by atoms with van der Waals surface area (Å²) in [5, 5.41) is 1.43. The molecule has 0 aliphatic heterocycles. The fraction of sp³-hybridized carbons (Fsp3) is 0.435. The van der Waals surface area contributed by atoms with Gasteiger partial charge in [-0.05, 0) is 57.4 Å². The molecule has 32 heavy (non-hydrogen) atoms. The zero-order valence-corrected chi connectivity index (χ0v) is 19.9. The summed E-state index contributed by atoms with van der Waals surface area (Å²) in [5.41, 5.74) is 7.36. The maximum atomic E-state index is 12.5. The van der Waals surface area contributed by atoms with Crippen LogP contribution in [-0.2, 0) is 22.0 Å². The number of hydrogen-bond acceptors (Lipinski definition) is 6. The molecule has 172 valence electrons. The minimum Gasteiger partial charge on any atom is -0.444 e. The van der Waals surface area contributed by atoms with Crippen LogP contribution < -0.4 is 5.73 Å². The SMILES string of the molecule is CS(=O)c1nccc(-n2ccc3c(CCCN(CCN)C(=O)OC(C)(C)C)cccc32)n1. The Balaban J connectivity index is 1.75. The predicted molar refractivity (Wildman–Crippen MR) is 126 cm³/mol. The first-order chi connectivity index (χ1) is 15.2. The molecule has 1 aromatic carbocycles. The first kappa shape index (κ1) is 23.9. The van der Waals surface area contributed by atoms with Gasteiger partial charge in [0.25, 0.3) is 0 Å². The lowest BCUT2D eigenvalue weighted by Crippen LogP contribution is -2.40. The molecule has 0 saturated carbocycles. The number of carbonyl (C=O) groups is 1. The van der Waals surface area contributed by atoms with Gasteiger partial charge in [0.05, 0.1) is 16.3 Å². The Kier molecular flexibility index (Phi) is 7.63. The molecule has 2 aromatic heterocycles. The number of nitrogens with zero attached hydrogens (tertiary/aromatic N) is 4. The van der Waals surface area contributed by atoms with Gasteiger partial charge in [0.1, 0.15) is 11.4 Å². The van der Waals surface area contributed by atoms with Gasteiger partial charge in [-0.25, -0.2) is 14.8 Å². The molecule has 0 fully saturated rings. The molecular weight excluding hydrogens is 426 g/mol. The number of nitrogens with two attached hydrogens (primary N) is 1. The number of aryl methyl sites for hydroxylation is 1. The molecule has 1 atom stereocenters. The Bertz CT molecular complexity index is 1110. The van der Waals surface area contributed by atoms with Crippen LogP contribution in [-0.4, -0.2) is 61.2 Å². The molecule has 2 N–H and O–H groups in total. The Labute approximate surface area is 191 Å². The van der Waals surface area contributed by atoms with E-state index in [-0.39, 0.29) is 6.09 Å². The summed E-state index contributed by atoms with van der Waals surface area (Å²) in [4.78, 5) is 22.6. The summed E-state index contributed by atoms with van der Waals surface area (Å²) in [6, 6.07) is 10.00. The van der Waals surface area contributed by atoms with E-state index in [0.717, 1.165) is 23.7 Å². The Hall–Kier alpha value is -2.78. The van der Waals surface area contributed by atoms with Crippen molar-refractivity contribution in [3.63, 3.8) is 0 Å². The van der Waals surface area contributed by atoms with Gasteiger partial charge in [-0.3, -0.25) is 4.21 Å². The number of aromatic nitrogens is 3. The maximum Gasteiger partial charge on any atom is 0.410 e. The summed E-state index contributed by atoms with van der Waals surface area (Å²) < 4.78 is 19.2. The molecule has 8 nitrogen and oxygen atoms in total. The lowest BCUT2D eigenvalue weighted by molar-refractivity contribution is 0.0253. The van der Waals surface area contributed by atoms with E-state index in [1.54, 1.807) is 23.4 Å². The highest BCUT2D eigenvalue weighted by molar-refractivity contribution is 7.84. The van der Waals surface area contributed by atoms with Gasteiger partial charge in [-0.1, -0.05) is 12.1 Å². The van der Waals surface area contributed by atoms with Crippen molar-refractivity contribution < 1.29 is 13.7 Å². The number of hydrogen-bond donors (Lipinski definition) is 1. The summed E-state index contributed by atoms with van der Waals surface area (Å²) in [6.07, 6.45) is 6.41. The number of amides is 1. The lowest BCUT2D eigenvalue weighted by Gasteiger charge is -2.27. The Morgan fingerprint density at radius 2 is 2.00 bits per heavy atom. The molecule has 0 spiro atoms. The van der Waals surface area contributed by atoms with Crippen molar-refractivity contribution in [3.05, 3.63) is 48.3 Å². The molecule has 0 aliphatic carbocycles. The highest BCUT2D eigenvalue weighted by Gasteiger charge is 2.21. The third-order valence-corrected chi connectivity index (χ3v) is 5.58. The minimum absolute atomic E-state index is 0.308. The van der Waals surface area contributed by atoms with E-state index < -0.39 is 16.4 Å². The number of benzene rings is 1. The molecule has 0 aliphatic rings. The number of rotatable bonds is 8. The molecule has 0 saturated heterocycles. The standard InChI is InChI=1S/C23H31N5O3S/c1-23(2,3)31-22(29)27(16-12-24)14-6-8-17-7-5-9-19-18(17)11-15-28(19)20-10-13-25-21(26-20)32(4)30/h5,7,9-11,13,15H,6,8,12,14,16,24H2,1-4H3. The third kappa shape index (κ3) is 5.92. The van der Waals surface area contributed by atoms with Gasteiger partial charge in [-0.2, -0.15) is 0 Å². The van der Waals surface area contributed by atoms with E-state index >= 15 is 0 Å². The first-order valence-electron chi connectivity index (χ1n) is 10.6. The second-order valence-corrected chi connectivity index (χ2v) is 9.82. The van der Waals surface area contributed by atoms with E-state index in [0.29, 0.717) is 30.6 Å². The van der Waals surface area contributed by atoms with Crippen molar-refractivity contribution in [2.75, 3.05) is 25.9 Å². The van der Waals surface area contributed by atoms with Crippen molar-refractivity contribution in [2.24, 2.45) is 5.73 Å². The monoisotopic (exact) mass is 457 g/mol. The van der Waals surface area contributed by atoms with Crippen LogP contribution in [0.4, 0.5) is 4.79 Å².